The van der Waals surface area contributed by atoms with Crippen LogP contribution in [0.25, 0.3) is 0 Å². The molecule has 0 fully saturated rings. The van der Waals surface area contributed by atoms with E-state index in [9.17, 15) is 0 Å². The molecule has 0 heterocycles. The van der Waals surface area contributed by atoms with Crippen LogP contribution in [0.1, 0.15) is 44.4 Å². The van der Waals surface area contributed by atoms with E-state index in [4.69, 9.17) is 0 Å². The van der Waals surface area contributed by atoms with Crippen LogP contribution in [0.3, 0.4) is 0 Å². The van der Waals surface area contributed by atoms with Crippen molar-refractivity contribution < 1.29 is 0 Å². The maximum Gasteiger partial charge on any atom is 0.0208 e. The molecule has 0 saturated heterocycles. The summed E-state index contributed by atoms with van der Waals surface area (Å²) in [6.07, 6.45) is 0. The Hall–Kier alpha value is -0.820. The van der Waals surface area contributed by atoms with E-state index in [0.29, 0.717) is 0 Å². The number of nitrogens with one attached hydrogen (secondary N) is 1. The van der Waals surface area contributed by atoms with Gasteiger partial charge in [-0.3, -0.25) is 0 Å². The van der Waals surface area contributed by atoms with Crippen molar-refractivity contribution in [3.05, 3.63) is 34.9 Å². The van der Waals surface area contributed by atoms with Crippen LogP contribution < -0.4 is 5.32 Å². The van der Waals surface area contributed by atoms with Crippen LogP contribution in [0.4, 0.5) is 0 Å². The summed E-state index contributed by atoms with van der Waals surface area (Å²) >= 11 is 0. The summed E-state index contributed by atoms with van der Waals surface area (Å²) in [6.45, 7) is 15.8. The first-order valence-electron chi connectivity index (χ1n) is 7.18. The van der Waals surface area contributed by atoms with Crippen molar-refractivity contribution in [2.75, 3.05) is 6.54 Å². The van der Waals surface area contributed by atoms with Crippen molar-refractivity contribution in [3.8, 4) is 0 Å². The Bertz CT molecular complexity index is 358. The first kappa shape index (κ1) is 15.2. The maximum absolute atomic E-state index is 3.63. The van der Waals surface area contributed by atoms with Gasteiger partial charge in [-0.25, -0.2) is 0 Å². The number of hydrogen-bond donors (Lipinski definition) is 1. The highest BCUT2D eigenvalue weighted by molar-refractivity contribution is 5.30. The molecule has 0 aliphatic rings. The molecule has 0 atom stereocenters. The molecule has 0 spiro atoms. The van der Waals surface area contributed by atoms with E-state index in [1.54, 1.807) is 0 Å². The second-order valence-corrected chi connectivity index (χ2v) is 6.21. The van der Waals surface area contributed by atoms with Gasteiger partial charge in [0.25, 0.3) is 0 Å². The molecule has 1 N–H and O–H groups in total. The molecule has 1 nitrogen and oxygen atoms in total. The minimum absolute atomic E-state index is 0.746. The van der Waals surface area contributed by atoms with Gasteiger partial charge in [-0.2, -0.15) is 0 Å². The van der Waals surface area contributed by atoms with Gasteiger partial charge in [0.1, 0.15) is 0 Å². The van der Waals surface area contributed by atoms with E-state index in [-0.39, 0.29) is 0 Å². The summed E-state index contributed by atoms with van der Waals surface area (Å²) in [5.41, 5.74) is 4.17. The summed E-state index contributed by atoms with van der Waals surface area (Å²) in [5.74, 6) is 2.25. The first-order valence-corrected chi connectivity index (χ1v) is 7.18. The second-order valence-electron chi connectivity index (χ2n) is 6.21. The van der Waals surface area contributed by atoms with E-state index in [1.165, 1.54) is 16.7 Å². The van der Waals surface area contributed by atoms with E-state index < -0.39 is 0 Å². The third-order valence-electron chi connectivity index (χ3n) is 3.91. The van der Waals surface area contributed by atoms with Gasteiger partial charge in [-0.05, 0) is 49.3 Å². The van der Waals surface area contributed by atoms with Crippen molar-refractivity contribution in [1.82, 2.24) is 5.32 Å². The highest BCUT2D eigenvalue weighted by Gasteiger charge is 2.16. The summed E-state index contributed by atoms with van der Waals surface area (Å²) in [5, 5.41) is 3.63. The van der Waals surface area contributed by atoms with Crippen LogP contribution in [0.2, 0.25) is 0 Å². The van der Waals surface area contributed by atoms with Crippen LogP contribution in [-0.4, -0.2) is 6.54 Å². The highest BCUT2D eigenvalue weighted by atomic mass is 14.9. The minimum Gasteiger partial charge on any atom is -0.312 e. The molecule has 0 aliphatic carbocycles. The molecule has 0 unspecified atom stereocenters. The number of rotatable bonds is 6. The SMILES string of the molecule is Cc1ccc(C)c(CNCC(C(C)C)C(C)C)c1. The van der Waals surface area contributed by atoms with Crippen LogP contribution in [0.5, 0.6) is 0 Å². The van der Waals surface area contributed by atoms with Gasteiger partial charge >= 0.3 is 0 Å². The van der Waals surface area contributed by atoms with E-state index in [0.717, 1.165) is 30.8 Å². The van der Waals surface area contributed by atoms with Crippen molar-refractivity contribution in [3.63, 3.8) is 0 Å². The fourth-order valence-electron chi connectivity index (χ4n) is 2.61. The smallest absolute Gasteiger partial charge is 0.0208 e. The third kappa shape index (κ3) is 4.45. The lowest BCUT2D eigenvalue weighted by Gasteiger charge is -2.25. The molecule has 0 saturated carbocycles. The Morgan fingerprint density at radius 1 is 1.00 bits per heavy atom. The van der Waals surface area contributed by atoms with E-state index in [1.807, 2.05) is 0 Å². The van der Waals surface area contributed by atoms with Crippen molar-refractivity contribution >= 4 is 0 Å². The molecular formula is C17H29N. The zero-order valence-electron chi connectivity index (χ0n) is 12.9. The summed E-state index contributed by atoms with van der Waals surface area (Å²) in [6, 6.07) is 6.70. The Morgan fingerprint density at radius 3 is 2.17 bits per heavy atom. The molecule has 0 radical (unpaired) electrons. The lowest BCUT2D eigenvalue weighted by atomic mass is 9.85. The Kier molecular flexibility index (Phi) is 5.87. The van der Waals surface area contributed by atoms with Gasteiger partial charge < -0.3 is 5.32 Å². The quantitative estimate of drug-likeness (QED) is 0.789. The van der Waals surface area contributed by atoms with Gasteiger partial charge in [0, 0.05) is 6.54 Å². The summed E-state index contributed by atoms with van der Waals surface area (Å²) in [4.78, 5) is 0. The second kappa shape index (κ2) is 6.94. The minimum atomic E-state index is 0.746. The van der Waals surface area contributed by atoms with Gasteiger partial charge in [-0.1, -0.05) is 51.5 Å². The molecule has 102 valence electrons. The van der Waals surface area contributed by atoms with Gasteiger partial charge in [0.2, 0.25) is 0 Å². The standard InChI is InChI=1S/C17H29N/c1-12(2)17(13(3)4)11-18-10-16-9-14(5)7-8-15(16)6/h7-9,12-13,17-18H,10-11H2,1-6H3. The molecule has 1 rings (SSSR count). The zero-order chi connectivity index (χ0) is 13.7. The van der Waals surface area contributed by atoms with Crippen molar-refractivity contribution in [2.24, 2.45) is 17.8 Å². The summed E-state index contributed by atoms with van der Waals surface area (Å²) < 4.78 is 0. The average Bonchev–Trinajstić information content (AvgIpc) is 2.27. The molecule has 0 amide bonds. The molecule has 1 aromatic rings. The maximum atomic E-state index is 3.63. The fourth-order valence-corrected chi connectivity index (χ4v) is 2.61. The Labute approximate surface area is 113 Å². The van der Waals surface area contributed by atoms with Gasteiger partial charge in [0.15, 0.2) is 0 Å². The van der Waals surface area contributed by atoms with Gasteiger partial charge in [0.05, 0.1) is 0 Å². The van der Waals surface area contributed by atoms with Crippen molar-refractivity contribution in [2.45, 2.75) is 48.1 Å². The van der Waals surface area contributed by atoms with E-state index >= 15 is 0 Å². The molecule has 0 bridgehead atoms. The lowest BCUT2D eigenvalue weighted by molar-refractivity contribution is 0.275. The fraction of sp³-hybridized carbons (Fsp3) is 0.647. The van der Waals surface area contributed by atoms with E-state index in [2.05, 4.69) is 65.1 Å². The number of aryl methyl sites for hydroxylation is 2. The lowest BCUT2D eigenvalue weighted by Crippen LogP contribution is -2.29. The molecule has 18 heavy (non-hydrogen) atoms. The molecule has 0 aromatic heterocycles. The largest absolute Gasteiger partial charge is 0.312 e. The normalized spacial score (nSPS) is 11.8. The average molecular weight is 247 g/mol. The monoisotopic (exact) mass is 247 g/mol. The van der Waals surface area contributed by atoms with Crippen LogP contribution in [0, 0.1) is 31.6 Å². The molecule has 1 aromatic carbocycles. The topological polar surface area (TPSA) is 12.0 Å². The van der Waals surface area contributed by atoms with Crippen LogP contribution in [0.15, 0.2) is 18.2 Å². The first-order chi connectivity index (χ1) is 8.41. The molecule has 1 heteroatoms. The number of hydrogen-bond acceptors (Lipinski definition) is 1. The Balaban J connectivity index is 2.52. The summed E-state index contributed by atoms with van der Waals surface area (Å²) in [7, 11) is 0. The molecule has 0 aliphatic heterocycles. The van der Waals surface area contributed by atoms with Crippen molar-refractivity contribution in [1.29, 1.82) is 0 Å². The predicted molar refractivity (Wildman–Crippen MR) is 80.8 cm³/mol. The Morgan fingerprint density at radius 2 is 1.61 bits per heavy atom. The zero-order valence-corrected chi connectivity index (χ0v) is 12.9. The predicted octanol–water partition coefficient (Wildman–Crippen LogP) is 4.32. The van der Waals surface area contributed by atoms with Crippen LogP contribution >= 0.6 is 0 Å². The van der Waals surface area contributed by atoms with Gasteiger partial charge in [-0.15, -0.1) is 0 Å². The number of benzene rings is 1. The third-order valence-corrected chi connectivity index (χ3v) is 3.91. The molecular weight excluding hydrogens is 218 g/mol. The van der Waals surface area contributed by atoms with Crippen LogP contribution in [-0.2, 0) is 6.54 Å². The highest BCUT2D eigenvalue weighted by Crippen LogP contribution is 2.19.